The third-order valence-electron chi connectivity index (χ3n) is 2.95. The molecule has 0 saturated heterocycles. The highest BCUT2D eigenvalue weighted by molar-refractivity contribution is 5.94. The number of hydrogen-bond donors (Lipinski definition) is 1. The van der Waals surface area contributed by atoms with Gasteiger partial charge in [-0.25, -0.2) is 4.98 Å². The van der Waals surface area contributed by atoms with Crippen molar-refractivity contribution < 1.29 is 0 Å². The van der Waals surface area contributed by atoms with Crippen LogP contribution in [0.4, 0.5) is 5.82 Å². The second-order valence-corrected chi connectivity index (χ2v) is 4.07. The number of anilines is 1. The highest BCUT2D eigenvalue weighted by Crippen LogP contribution is 2.26. The molecule has 3 aromatic rings. The smallest absolute Gasteiger partial charge is 0.126 e. The molecule has 0 unspecified atom stereocenters. The Morgan fingerprint density at radius 3 is 2.72 bits per heavy atom. The molecule has 88 valence electrons. The van der Waals surface area contributed by atoms with Crippen LogP contribution in [0, 0.1) is 0 Å². The summed E-state index contributed by atoms with van der Waals surface area (Å²) in [5.74, 6) is 0.862. The monoisotopic (exact) mass is 235 g/mol. The summed E-state index contributed by atoms with van der Waals surface area (Å²) in [5.41, 5.74) is 2.00. The Labute approximate surface area is 106 Å². The van der Waals surface area contributed by atoms with Crippen LogP contribution in [0.5, 0.6) is 0 Å². The summed E-state index contributed by atoms with van der Waals surface area (Å²) in [6.07, 6.45) is 3.74. The first-order chi connectivity index (χ1) is 8.88. The Hall–Kier alpha value is -2.42. The SMILES string of the molecule is CNc1cccc(-c2cncc3ccccc23)n1. The molecule has 0 amide bonds. The predicted octanol–water partition coefficient (Wildman–Crippen LogP) is 3.34. The molecular formula is C15H13N3. The van der Waals surface area contributed by atoms with Crippen molar-refractivity contribution in [3.05, 3.63) is 54.9 Å². The first-order valence-electron chi connectivity index (χ1n) is 5.86. The highest BCUT2D eigenvalue weighted by Gasteiger charge is 2.05. The van der Waals surface area contributed by atoms with Crippen molar-refractivity contribution in [2.24, 2.45) is 0 Å². The van der Waals surface area contributed by atoms with E-state index in [1.807, 2.05) is 49.8 Å². The van der Waals surface area contributed by atoms with Gasteiger partial charge >= 0.3 is 0 Å². The molecule has 18 heavy (non-hydrogen) atoms. The van der Waals surface area contributed by atoms with Crippen molar-refractivity contribution in [3.8, 4) is 11.3 Å². The van der Waals surface area contributed by atoms with E-state index in [4.69, 9.17) is 0 Å². The molecule has 0 atom stereocenters. The number of nitrogens with zero attached hydrogens (tertiary/aromatic N) is 2. The molecule has 0 fully saturated rings. The molecule has 0 aliphatic rings. The van der Waals surface area contributed by atoms with Gasteiger partial charge in [-0.15, -0.1) is 0 Å². The third kappa shape index (κ3) is 1.80. The fraction of sp³-hybridized carbons (Fsp3) is 0.0667. The van der Waals surface area contributed by atoms with Gasteiger partial charge in [-0.2, -0.15) is 0 Å². The molecule has 0 radical (unpaired) electrons. The lowest BCUT2D eigenvalue weighted by Crippen LogP contribution is -1.94. The van der Waals surface area contributed by atoms with Crippen molar-refractivity contribution in [1.29, 1.82) is 0 Å². The van der Waals surface area contributed by atoms with E-state index < -0.39 is 0 Å². The number of hydrogen-bond acceptors (Lipinski definition) is 3. The van der Waals surface area contributed by atoms with Gasteiger partial charge in [0.1, 0.15) is 5.82 Å². The summed E-state index contributed by atoms with van der Waals surface area (Å²) >= 11 is 0. The van der Waals surface area contributed by atoms with Crippen LogP contribution in [-0.4, -0.2) is 17.0 Å². The highest BCUT2D eigenvalue weighted by atomic mass is 15.0. The first-order valence-corrected chi connectivity index (χ1v) is 5.86. The van der Waals surface area contributed by atoms with E-state index in [9.17, 15) is 0 Å². The number of benzene rings is 1. The van der Waals surface area contributed by atoms with Gasteiger partial charge in [0.15, 0.2) is 0 Å². The molecular weight excluding hydrogens is 222 g/mol. The van der Waals surface area contributed by atoms with Crippen molar-refractivity contribution in [2.45, 2.75) is 0 Å². The quantitative estimate of drug-likeness (QED) is 0.740. The molecule has 1 aromatic carbocycles. The maximum Gasteiger partial charge on any atom is 0.126 e. The Morgan fingerprint density at radius 2 is 1.83 bits per heavy atom. The van der Waals surface area contributed by atoms with Crippen LogP contribution in [0.1, 0.15) is 0 Å². The predicted molar refractivity (Wildman–Crippen MR) is 74.5 cm³/mol. The first kappa shape index (κ1) is 10.7. The Kier molecular flexibility index (Phi) is 2.65. The van der Waals surface area contributed by atoms with Crippen LogP contribution < -0.4 is 5.32 Å². The number of pyridine rings is 2. The molecule has 1 N–H and O–H groups in total. The Bertz CT molecular complexity index is 687. The van der Waals surface area contributed by atoms with E-state index in [1.54, 1.807) is 0 Å². The van der Waals surface area contributed by atoms with Crippen molar-refractivity contribution in [3.63, 3.8) is 0 Å². The van der Waals surface area contributed by atoms with Crippen LogP contribution >= 0.6 is 0 Å². The number of nitrogens with one attached hydrogen (secondary N) is 1. The summed E-state index contributed by atoms with van der Waals surface area (Å²) in [6.45, 7) is 0. The number of rotatable bonds is 2. The molecule has 2 heterocycles. The molecule has 2 aromatic heterocycles. The van der Waals surface area contributed by atoms with Gasteiger partial charge in [-0.05, 0) is 17.5 Å². The molecule has 0 aliphatic carbocycles. The zero-order valence-electron chi connectivity index (χ0n) is 10.1. The third-order valence-corrected chi connectivity index (χ3v) is 2.95. The fourth-order valence-corrected chi connectivity index (χ4v) is 2.04. The minimum atomic E-state index is 0.862. The second-order valence-electron chi connectivity index (χ2n) is 4.07. The molecule has 3 rings (SSSR count). The lowest BCUT2D eigenvalue weighted by atomic mass is 10.1. The number of aromatic nitrogens is 2. The van der Waals surface area contributed by atoms with E-state index in [0.717, 1.165) is 22.5 Å². The van der Waals surface area contributed by atoms with E-state index in [-0.39, 0.29) is 0 Å². The summed E-state index contributed by atoms with van der Waals surface area (Å²) in [7, 11) is 1.87. The normalized spacial score (nSPS) is 10.5. The van der Waals surface area contributed by atoms with Gasteiger partial charge in [-0.1, -0.05) is 30.3 Å². The lowest BCUT2D eigenvalue weighted by molar-refractivity contribution is 1.27. The fourth-order valence-electron chi connectivity index (χ4n) is 2.04. The van der Waals surface area contributed by atoms with Gasteiger partial charge in [0.05, 0.1) is 5.69 Å². The van der Waals surface area contributed by atoms with Gasteiger partial charge in [0.2, 0.25) is 0 Å². The summed E-state index contributed by atoms with van der Waals surface area (Å²) in [5, 5.41) is 5.36. The van der Waals surface area contributed by atoms with Gasteiger partial charge in [0, 0.05) is 30.4 Å². The largest absolute Gasteiger partial charge is 0.373 e. The summed E-state index contributed by atoms with van der Waals surface area (Å²) in [6, 6.07) is 14.2. The average molecular weight is 235 g/mol. The number of fused-ring (bicyclic) bond motifs is 1. The Balaban J connectivity index is 2.24. The maximum absolute atomic E-state index is 4.56. The molecule has 3 nitrogen and oxygen atoms in total. The van der Waals surface area contributed by atoms with Crippen molar-refractivity contribution >= 4 is 16.6 Å². The van der Waals surface area contributed by atoms with Crippen LogP contribution in [-0.2, 0) is 0 Å². The van der Waals surface area contributed by atoms with Gasteiger partial charge in [-0.3, -0.25) is 4.98 Å². The summed E-state index contributed by atoms with van der Waals surface area (Å²) < 4.78 is 0. The molecule has 0 saturated carbocycles. The molecule has 0 spiro atoms. The molecule has 3 heteroatoms. The van der Waals surface area contributed by atoms with Crippen LogP contribution in [0.15, 0.2) is 54.9 Å². The van der Waals surface area contributed by atoms with E-state index >= 15 is 0 Å². The second kappa shape index (κ2) is 4.45. The minimum absolute atomic E-state index is 0.862. The van der Waals surface area contributed by atoms with Crippen LogP contribution in [0.3, 0.4) is 0 Å². The topological polar surface area (TPSA) is 37.8 Å². The lowest BCUT2D eigenvalue weighted by Gasteiger charge is -2.07. The van der Waals surface area contributed by atoms with Crippen LogP contribution in [0.25, 0.3) is 22.0 Å². The zero-order chi connectivity index (χ0) is 12.4. The van der Waals surface area contributed by atoms with Gasteiger partial charge < -0.3 is 5.32 Å². The minimum Gasteiger partial charge on any atom is -0.373 e. The van der Waals surface area contributed by atoms with E-state index in [2.05, 4.69) is 27.4 Å². The maximum atomic E-state index is 4.56. The van der Waals surface area contributed by atoms with Crippen LogP contribution in [0.2, 0.25) is 0 Å². The zero-order valence-corrected chi connectivity index (χ0v) is 10.1. The van der Waals surface area contributed by atoms with Crippen molar-refractivity contribution in [1.82, 2.24) is 9.97 Å². The van der Waals surface area contributed by atoms with E-state index in [0.29, 0.717) is 0 Å². The average Bonchev–Trinajstić information content (AvgIpc) is 2.47. The molecule has 0 bridgehead atoms. The summed E-state index contributed by atoms with van der Waals surface area (Å²) in [4.78, 5) is 8.84. The van der Waals surface area contributed by atoms with Gasteiger partial charge in [0.25, 0.3) is 0 Å². The van der Waals surface area contributed by atoms with E-state index in [1.165, 1.54) is 5.39 Å². The van der Waals surface area contributed by atoms with Crippen molar-refractivity contribution in [2.75, 3.05) is 12.4 Å². The standard InChI is InChI=1S/C15H13N3/c1-16-15-8-4-7-14(18-15)13-10-17-9-11-5-2-3-6-12(11)13/h2-10H,1H3,(H,16,18). The molecule has 0 aliphatic heterocycles. The Morgan fingerprint density at radius 1 is 0.944 bits per heavy atom.